The van der Waals surface area contributed by atoms with Crippen LogP contribution in [0.1, 0.15) is 16.9 Å². The van der Waals surface area contributed by atoms with Gasteiger partial charge in [-0.2, -0.15) is 0 Å². The fourth-order valence-corrected chi connectivity index (χ4v) is 4.02. The SMILES string of the molecule is CN=C(NCc1ncc(-c2ccccc2)o1)NCC(O)c1cc2ccccc2s1.I. The number of thiophene rings is 1. The van der Waals surface area contributed by atoms with E-state index >= 15 is 0 Å². The summed E-state index contributed by atoms with van der Waals surface area (Å²) in [5.74, 6) is 1.87. The fourth-order valence-electron chi connectivity index (χ4n) is 2.97. The average molecular weight is 534 g/mol. The third-order valence-electron chi connectivity index (χ3n) is 4.48. The predicted molar refractivity (Wildman–Crippen MR) is 132 cm³/mol. The van der Waals surface area contributed by atoms with Crippen molar-refractivity contribution in [1.82, 2.24) is 15.6 Å². The zero-order valence-electron chi connectivity index (χ0n) is 16.4. The van der Waals surface area contributed by atoms with Gasteiger partial charge in [-0.25, -0.2) is 4.98 Å². The summed E-state index contributed by atoms with van der Waals surface area (Å²) in [5.41, 5.74) is 0.986. The molecule has 0 radical (unpaired) electrons. The molecule has 2 aromatic heterocycles. The normalized spacial score (nSPS) is 12.4. The maximum absolute atomic E-state index is 10.5. The van der Waals surface area contributed by atoms with E-state index in [1.54, 1.807) is 24.6 Å². The van der Waals surface area contributed by atoms with E-state index in [-0.39, 0.29) is 24.0 Å². The Morgan fingerprint density at radius 1 is 1.13 bits per heavy atom. The van der Waals surface area contributed by atoms with Crippen LogP contribution in [0, 0.1) is 0 Å². The van der Waals surface area contributed by atoms with Crippen molar-refractivity contribution in [1.29, 1.82) is 0 Å². The molecule has 0 aliphatic rings. The van der Waals surface area contributed by atoms with Crippen LogP contribution in [0.15, 0.2) is 76.3 Å². The highest BCUT2D eigenvalue weighted by molar-refractivity contribution is 14.0. The molecule has 8 heteroatoms. The molecule has 4 aromatic rings. The minimum atomic E-state index is -0.614. The lowest BCUT2D eigenvalue weighted by Gasteiger charge is -2.13. The molecule has 0 fully saturated rings. The molecule has 3 N–H and O–H groups in total. The van der Waals surface area contributed by atoms with E-state index in [9.17, 15) is 5.11 Å². The first kappa shape index (κ1) is 22.3. The van der Waals surface area contributed by atoms with Gasteiger partial charge < -0.3 is 20.2 Å². The minimum absolute atomic E-state index is 0. The van der Waals surface area contributed by atoms with Gasteiger partial charge in [0.1, 0.15) is 6.10 Å². The smallest absolute Gasteiger partial charge is 0.214 e. The number of fused-ring (bicyclic) bond motifs is 1. The molecule has 0 aliphatic heterocycles. The number of aliphatic hydroxyl groups is 1. The van der Waals surface area contributed by atoms with E-state index in [1.165, 1.54) is 4.70 Å². The molecule has 0 saturated heterocycles. The third-order valence-corrected chi connectivity index (χ3v) is 5.70. The Bertz CT molecular complexity index is 1080. The minimum Gasteiger partial charge on any atom is -0.439 e. The monoisotopic (exact) mass is 534 g/mol. The number of rotatable bonds is 6. The Morgan fingerprint density at radius 2 is 1.90 bits per heavy atom. The van der Waals surface area contributed by atoms with Gasteiger partial charge in [-0.05, 0) is 17.5 Å². The molecule has 2 heterocycles. The molecule has 0 bridgehead atoms. The quantitative estimate of drug-likeness (QED) is 0.192. The maximum atomic E-state index is 10.5. The first-order valence-electron chi connectivity index (χ1n) is 9.34. The summed E-state index contributed by atoms with van der Waals surface area (Å²) in [6, 6.07) is 20.0. The van der Waals surface area contributed by atoms with Gasteiger partial charge in [0, 0.05) is 28.7 Å². The number of guanidine groups is 1. The van der Waals surface area contributed by atoms with Crippen LogP contribution in [-0.2, 0) is 6.54 Å². The molecular weight excluding hydrogens is 511 g/mol. The van der Waals surface area contributed by atoms with Gasteiger partial charge in [-0.1, -0.05) is 48.5 Å². The summed E-state index contributed by atoms with van der Waals surface area (Å²) in [6.07, 6.45) is 1.10. The summed E-state index contributed by atoms with van der Waals surface area (Å²) < 4.78 is 6.96. The fraction of sp³-hybridized carbons (Fsp3) is 0.182. The molecule has 1 atom stereocenters. The second-order valence-corrected chi connectivity index (χ2v) is 7.61. The number of aliphatic imine (C=N–C) groups is 1. The zero-order valence-corrected chi connectivity index (χ0v) is 19.6. The van der Waals surface area contributed by atoms with Crippen molar-refractivity contribution < 1.29 is 9.52 Å². The van der Waals surface area contributed by atoms with Gasteiger partial charge in [0.25, 0.3) is 0 Å². The van der Waals surface area contributed by atoms with E-state index in [0.29, 0.717) is 24.9 Å². The van der Waals surface area contributed by atoms with Gasteiger partial charge >= 0.3 is 0 Å². The Labute approximate surface area is 196 Å². The number of nitrogens with one attached hydrogen (secondary N) is 2. The van der Waals surface area contributed by atoms with Crippen LogP contribution >= 0.6 is 35.3 Å². The number of halogens is 1. The van der Waals surface area contributed by atoms with Crippen LogP contribution in [0.4, 0.5) is 0 Å². The number of nitrogens with zero attached hydrogens (tertiary/aromatic N) is 2. The lowest BCUT2D eigenvalue weighted by Crippen LogP contribution is -2.38. The molecule has 4 rings (SSSR count). The molecule has 30 heavy (non-hydrogen) atoms. The number of oxazole rings is 1. The first-order chi connectivity index (χ1) is 14.2. The standard InChI is InChI=1S/C22H22N4O2S.HI/c1-23-22(25-12-17(27)20-11-16-9-5-6-10-19(16)29-20)26-14-21-24-13-18(28-21)15-7-3-2-4-8-15;/h2-11,13,17,27H,12,14H2,1H3,(H2,23,25,26);1H. The highest BCUT2D eigenvalue weighted by atomic mass is 127. The highest BCUT2D eigenvalue weighted by Crippen LogP contribution is 2.29. The summed E-state index contributed by atoms with van der Waals surface area (Å²) in [7, 11) is 1.69. The second kappa shape index (κ2) is 10.6. The molecule has 6 nitrogen and oxygen atoms in total. The van der Waals surface area contributed by atoms with E-state index < -0.39 is 6.10 Å². The Balaban J connectivity index is 0.00000256. The largest absolute Gasteiger partial charge is 0.439 e. The number of aliphatic hydroxyl groups excluding tert-OH is 1. The van der Waals surface area contributed by atoms with Gasteiger partial charge in [-0.15, -0.1) is 35.3 Å². The van der Waals surface area contributed by atoms with E-state index in [2.05, 4.69) is 32.7 Å². The maximum Gasteiger partial charge on any atom is 0.214 e. The number of hydrogen-bond donors (Lipinski definition) is 3. The van der Waals surface area contributed by atoms with Crippen LogP contribution in [0.2, 0.25) is 0 Å². The molecule has 1 unspecified atom stereocenters. The topological polar surface area (TPSA) is 82.7 Å². The molecule has 0 saturated carbocycles. The molecule has 0 spiro atoms. The predicted octanol–water partition coefficient (Wildman–Crippen LogP) is 4.57. The van der Waals surface area contributed by atoms with Crippen LogP contribution in [0.5, 0.6) is 0 Å². The zero-order chi connectivity index (χ0) is 20.1. The Morgan fingerprint density at radius 3 is 2.67 bits per heavy atom. The van der Waals surface area contributed by atoms with Crippen molar-refractivity contribution in [3.8, 4) is 11.3 Å². The van der Waals surface area contributed by atoms with E-state index in [4.69, 9.17) is 4.42 Å². The molecule has 156 valence electrons. The van der Waals surface area contributed by atoms with Crippen LogP contribution in [0.25, 0.3) is 21.4 Å². The number of hydrogen-bond acceptors (Lipinski definition) is 5. The van der Waals surface area contributed by atoms with Crippen molar-refractivity contribution in [3.63, 3.8) is 0 Å². The summed E-state index contributed by atoms with van der Waals surface area (Å²) >= 11 is 1.60. The van der Waals surface area contributed by atoms with Gasteiger partial charge in [0.2, 0.25) is 5.89 Å². The number of benzene rings is 2. The second-order valence-electron chi connectivity index (χ2n) is 6.49. The average Bonchev–Trinajstić information content (AvgIpc) is 3.41. The highest BCUT2D eigenvalue weighted by Gasteiger charge is 2.13. The first-order valence-corrected chi connectivity index (χ1v) is 10.2. The van der Waals surface area contributed by atoms with E-state index in [0.717, 1.165) is 21.6 Å². The molecule has 0 aliphatic carbocycles. The van der Waals surface area contributed by atoms with Crippen LogP contribution in [0.3, 0.4) is 0 Å². The van der Waals surface area contributed by atoms with Gasteiger partial charge in [0.05, 0.1) is 12.7 Å². The summed E-state index contributed by atoms with van der Waals surface area (Å²) in [6.45, 7) is 0.749. The van der Waals surface area contributed by atoms with Crippen molar-refractivity contribution in [3.05, 3.63) is 77.6 Å². The Kier molecular flexibility index (Phi) is 7.83. The van der Waals surface area contributed by atoms with Crippen molar-refractivity contribution in [2.75, 3.05) is 13.6 Å². The van der Waals surface area contributed by atoms with Gasteiger partial charge in [0.15, 0.2) is 11.7 Å². The van der Waals surface area contributed by atoms with Crippen molar-refractivity contribution >= 4 is 51.4 Å². The van der Waals surface area contributed by atoms with Crippen LogP contribution in [-0.4, -0.2) is 29.6 Å². The summed E-state index contributed by atoms with van der Waals surface area (Å²) in [4.78, 5) is 9.43. The lowest BCUT2D eigenvalue weighted by molar-refractivity contribution is 0.184. The van der Waals surface area contributed by atoms with E-state index in [1.807, 2.05) is 48.5 Å². The Hall–Kier alpha value is -2.43. The summed E-state index contributed by atoms with van der Waals surface area (Å²) in [5, 5.41) is 18.0. The molecular formula is C22H23IN4O2S. The van der Waals surface area contributed by atoms with Crippen LogP contribution < -0.4 is 10.6 Å². The van der Waals surface area contributed by atoms with Crippen molar-refractivity contribution in [2.45, 2.75) is 12.6 Å². The lowest BCUT2D eigenvalue weighted by atomic mass is 10.2. The van der Waals surface area contributed by atoms with Crippen molar-refractivity contribution in [2.24, 2.45) is 4.99 Å². The number of aromatic nitrogens is 1. The van der Waals surface area contributed by atoms with Gasteiger partial charge in [-0.3, -0.25) is 4.99 Å². The third kappa shape index (κ3) is 5.38. The molecule has 0 amide bonds. The molecule has 2 aromatic carbocycles.